The van der Waals surface area contributed by atoms with Crippen molar-refractivity contribution in [2.45, 2.75) is 24.5 Å². The molecule has 3 aliphatic heterocycles. The molecule has 3 saturated heterocycles. The van der Waals surface area contributed by atoms with Crippen LogP contribution in [0.25, 0.3) is 10.8 Å². The number of hydrogen-bond donors (Lipinski definition) is 1. The van der Waals surface area contributed by atoms with Gasteiger partial charge in [0.05, 0.1) is 19.8 Å². The number of fused-ring (bicyclic) bond motifs is 5. The highest BCUT2D eigenvalue weighted by molar-refractivity contribution is 5.90. The second-order valence-electron chi connectivity index (χ2n) is 7.10. The lowest BCUT2D eigenvalue weighted by atomic mass is 9.77. The van der Waals surface area contributed by atoms with Crippen LogP contribution in [0.3, 0.4) is 0 Å². The third-order valence-electron chi connectivity index (χ3n) is 5.81. The van der Waals surface area contributed by atoms with Gasteiger partial charge in [0.25, 0.3) is 0 Å². The summed E-state index contributed by atoms with van der Waals surface area (Å²) < 4.78 is 16.1. The fraction of sp³-hybridized carbons (Fsp3) is 0.400. The predicted octanol–water partition coefficient (Wildman–Crippen LogP) is 1.58. The maximum atomic E-state index is 12.9. The number of methoxy groups -OCH3 is 1. The number of benzene rings is 2. The van der Waals surface area contributed by atoms with E-state index in [-0.39, 0.29) is 35.7 Å². The van der Waals surface area contributed by atoms with E-state index in [0.717, 1.165) is 16.3 Å². The summed E-state index contributed by atoms with van der Waals surface area (Å²) in [4.78, 5) is 25.3. The average Bonchev–Trinajstić information content (AvgIpc) is 3.29. The maximum Gasteiger partial charge on any atom is 0.323 e. The summed E-state index contributed by atoms with van der Waals surface area (Å²) >= 11 is 0. The Morgan fingerprint density at radius 2 is 2.00 bits per heavy atom. The van der Waals surface area contributed by atoms with Crippen LogP contribution < -0.4 is 5.32 Å². The molecule has 0 aromatic heterocycles. The SMILES string of the molecule is COC(=O)[C@H]1N[C@@H](c2ccc3ccccc3c2)[C@H]2C(=O)[C@@H]3OC[C@@H](O3)[C@H]21. The molecular formula is C20H19NO5. The molecule has 6 heteroatoms. The van der Waals surface area contributed by atoms with E-state index in [0.29, 0.717) is 6.61 Å². The fourth-order valence-corrected chi connectivity index (χ4v) is 4.62. The largest absolute Gasteiger partial charge is 0.468 e. The first-order chi connectivity index (χ1) is 12.7. The Kier molecular flexibility index (Phi) is 3.60. The predicted molar refractivity (Wildman–Crippen MR) is 92.2 cm³/mol. The van der Waals surface area contributed by atoms with Crippen LogP contribution in [0.1, 0.15) is 11.6 Å². The van der Waals surface area contributed by atoms with Gasteiger partial charge in [0.2, 0.25) is 6.29 Å². The fourth-order valence-electron chi connectivity index (χ4n) is 4.62. The lowest BCUT2D eigenvalue weighted by Gasteiger charge is -2.32. The van der Waals surface area contributed by atoms with Crippen LogP contribution in [0.5, 0.6) is 0 Å². The van der Waals surface area contributed by atoms with Crippen LogP contribution in [0.2, 0.25) is 0 Å². The second kappa shape index (κ2) is 5.87. The zero-order valence-corrected chi connectivity index (χ0v) is 14.3. The van der Waals surface area contributed by atoms with Gasteiger partial charge in [-0.2, -0.15) is 0 Å². The molecule has 2 bridgehead atoms. The van der Waals surface area contributed by atoms with Gasteiger partial charge in [0.1, 0.15) is 6.04 Å². The highest BCUT2D eigenvalue weighted by Gasteiger charge is 2.61. The zero-order chi connectivity index (χ0) is 17.8. The molecule has 2 aromatic rings. The van der Waals surface area contributed by atoms with Crippen molar-refractivity contribution in [2.75, 3.05) is 13.7 Å². The van der Waals surface area contributed by atoms with Crippen LogP contribution in [0.15, 0.2) is 42.5 Å². The quantitative estimate of drug-likeness (QED) is 0.827. The van der Waals surface area contributed by atoms with E-state index < -0.39 is 12.3 Å². The van der Waals surface area contributed by atoms with Crippen molar-refractivity contribution in [2.24, 2.45) is 11.8 Å². The summed E-state index contributed by atoms with van der Waals surface area (Å²) in [6, 6.07) is 13.4. The number of hydrogen-bond acceptors (Lipinski definition) is 6. The summed E-state index contributed by atoms with van der Waals surface area (Å²) in [5.41, 5.74) is 0.986. The van der Waals surface area contributed by atoms with Crippen molar-refractivity contribution < 1.29 is 23.8 Å². The molecule has 3 heterocycles. The third-order valence-corrected chi connectivity index (χ3v) is 5.81. The highest BCUT2D eigenvalue weighted by Crippen LogP contribution is 2.47. The molecule has 0 amide bonds. The topological polar surface area (TPSA) is 73.9 Å². The molecule has 2 aromatic carbocycles. The van der Waals surface area contributed by atoms with Crippen LogP contribution >= 0.6 is 0 Å². The Labute approximate surface area is 150 Å². The number of carbonyl (C=O) groups is 2. The smallest absolute Gasteiger partial charge is 0.323 e. The van der Waals surface area contributed by atoms with Crippen molar-refractivity contribution in [3.8, 4) is 0 Å². The van der Waals surface area contributed by atoms with Gasteiger partial charge >= 0.3 is 5.97 Å². The highest BCUT2D eigenvalue weighted by atomic mass is 16.7. The Morgan fingerprint density at radius 3 is 2.81 bits per heavy atom. The standard InChI is InChI=1S/C20H19NO5/c1-24-19(23)17-14-13-9-25-20(26-13)18(22)15(14)16(21-17)12-7-6-10-4-2-3-5-11(10)8-12/h2-8,13-17,20-21H,9H2,1H3/t13-,14-,15+,16+,17+,20-/m1/s1. The Morgan fingerprint density at radius 1 is 1.19 bits per heavy atom. The molecule has 1 N–H and O–H groups in total. The Bertz CT molecular complexity index is 897. The zero-order valence-electron chi connectivity index (χ0n) is 14.3. The minimum atomic E-state index is -0.817. The van der Waals surface area contributed by atoms with E-state index in [2.05, 4.69) is 17.4 Å². The van der Waals surface area contributed by atoms with E-state index in [9.17, 15) is 9.59 Å². The van der Waals surface area contributed by atoms with Crippen molar-refractivity contribution in [3.05, 3.63) is 48.0 Å². The molecule has 134 valence electrons. The first kappa shape index (κ1) is 15.9. The first-order valence-corrected chi connectivity index (χ1v) is 8.81. The molecule has 0 spiro atoms. The Balaban J connectivity index is 1.59. The molecule has 0 radical (unpaired) electrons. The molecule has 3 fully saturated rings. The van der Waals surface area contributed by atoms with Gasteiger partial charge in [-0.1, -0.05) is 36.4 Å². The van der Waals surface area contributed by atoms with Gasteiger partial charge in [-0.05, 0) is 22.4 Å². The molecule has 0 aliphatic carbocycles. The molecule has 0 unspecified atom stereocenters. The minimum Gasteiger partial charge on any atom is -0.468 e. The normalized spacial score (nSPS) is 35.5. The van der Waals surface area contributed by atoms with Gasteiger partial charge < -0.3 is 14.2 Å². The summed E-state index contributed by atoms with van der Waals surface area (Å²) in [5, 5.41) is 5.59. The lowest BCUT2D eigenvalue weighted by Crippen LogP contribution is -2.48. The molecular weight excluding hydrogens is 334 g/mol. The van der Waals surface area contributed by atoms with Gasteiger partial charge in [-0.25, -0.2) is 0 Å². The number of ether oxygens (including phenoxy) is 3. The summed E-state index contributed by atoms with van der Waals surface area (Å²) in [7, 11) is 1.36. The minimum absolute atomic E-state index is 0.0965. The lowest BCUT2D eigenvalue weighted by molar-refractivity contribution is -0.166. The maximum absolute atomic E-state index is 12.9. The Hall–Kier alpha value is -2.28. The van der Waals surface area contributed by atoms with E-state index in [1.165, 1.54) is 7.11 Å². The van der Waals surface area contributed by atoms with Crippen LogP contribution in [-0.4, -0.2) is 43.9 Å². The van der Waals surface area contributed by atoms with Gasteiger partial charge in [-0.3, -0.25) is 14.9 Å². The molecule has 6 nitrogen and oxygen atoms in total. The van der Waals surface area contributed by atoms with Gasteiger partial charge in [-0.15, -0.1) is 0 Å². The summed E-state index contributed by atoms with van der Waals surface area (Å²) in [6.45, 7) is 0.331. The summed E-state index contributed by atoms with van der Waals surface area (Å²) in [6.07, 6.45) is -1.09. The van der Waals surface area contributed by atoms with E-state index in [4.69, 9.17) is 14.2 Å². The van der Waals surface area contributed by atoms with Gasteiger partial charge in [0, 0.05) is 17.9 Å². The number of carbonyl (C=O) groups excluding carboxylic acids is 2. The van der Waals surface area contributed by atoms with E-state index >= 15 is 0 Å². The molecule has 5 rings (SSSR count). The average molecular weight is 353 g/mol. The summed E-state index contributed by atoms with van der Waals surface area (Å²) in [5.74, 6) is -1.12. The van der Waals surface area contributed by atoms with Crippen molar-refractivity contribution >= 4 is 22.5 Å². The van der Waals surface area contributed by atoms with Gasteiger partial charge in [0.15, 0.2) is 5.78 Å². The van der Waals surface area contributed by atoms with E-state index in [1.807, 2.05) is 30.3 Å². The van der Waals surface area contributed by atoms with Crippen LogP contribution in [-0.2, 0) is 23.8 Å². The van der Waals surface area contributed by atoms with Crippen LogP contribution in [0.4, 0.5) is 0 Å². The van der Waals surface area contributed by atoms with E-state index in [1.54, 1.807) is 0 Å². The van der Waals surface area contributed by atoms with Crippen molar-refractivity contribution in [1.29, 1.82) is 0 Å². The monoisotopic (exact) mass is 353 g/mol. The molecule has 26 heavy (non-hydrogen) atoms. The number of nitrogens with one attached hydrogen (secondary N) is 1. The number of esters is 1. The van der Waals surface area contributed by atoms with Crippen molar-refractivity contribution in [3.63, 3.8) is 0 Å². The van der Waals surface area contributed by atoms with Crippen LogP contribution in [0, 0.1) is 11.8 Å². The molecule has 3 aliphatic rings. The third kappa shape index (κ3) is 2.23. The number of Topliss-reactive ketones (excluding diaryl/α,β-unsaturated/α-hetero) is 1. The number of rotatable bonds is 2. The second-order valence-corrected chi connectivity index (χ2v) is 7.10. The first-order valence-electron chi connectivity index (χ1n) is 8.81. The number of ketones is 1. The van der Waals surface area contributed by atoms with Crippen molar-refractivity contribution in [1.82, 2.24) is 5.32 Å². The molecule has 0 saturated carbocycles. The molecule has 6 atom stereocenters.